The van der Waals surface area contributed by atoms with Gasteiger partial charge in [0, 0.05) is 19.7 Å². The Bertz CT molecular complexity index is 541. The van der Waals surface area contributed by atoms with Crippen LogP contribution in [0.3, 0.4) is 0 Å². The van der Waals surface area contributed by atoms with E-state index < -0.39 is 10.2 Å². The van der Waals surface area contributed by atoms with Crippen molar-refractivity contribution in [2.75, 3.05) is 20.3 Å². The van der Waals surface area contributed by atoms with Gasteiger partial charge >= 0.3 is 0 Å². The maximum Gasteiger partial charge on any atom is 0.277 e. The van der Waals surface area contributed by atoms with Gasteiger partial charge in [-0.25, -0.2) is 5.14 Å². The van der Waals surface area contributed by atoms with Crippen molar-refractivity contribution in [3.63, 3.8) is 0 Å². The van der Waals surface area contributed by atoms with Gasteiger partial charge in [-0.15, -0.1) is 0 Å². The van der Waals surface area contributed by atoms with Crippen LogP contribution in [0.5, 0.6) is 5.75 Å². The van der Waals surface area contributed by atoms with Crippen molar-refractivity contribution in [2.24, 2.45) is 5.14 Å². The van der Waals surface area contributed by atoms with Crippen molar-refractivity contribution in [1.29, 1.82) is 0 Å². The van der Waals surface area contributed by atoms with Crippen LogP contribution in [0, 0.1) is 0 Å². The third kappa shape index (κ3) is 4.17. The molecule has 0 spiro atoms. The van der Waals surface area contributed by atoms with Crippen LogP contribution in [-0.4, -0.2) is 39.1 Å². The standard InChI is InChI=1S/C13H20N2O4S/c1-18-12-5-2-4-11(8-12)9-15(20(14,16)17)10-13-6-3-7-19-13/h2,4-5,8,13H,3,6-7,9-10H2,1H3,(H2,14,16,17)/t13-/m1/s1. The number of ether oxygens (including phenoxy) is 2. The molecule has 112 valence electrons. The van der Waals surface area contributed by atoms with E-state index in [2.05, 4.69) is 0 Å². The van der Waals surface area contributed by atoms with Crippen LogP contribution >= 0.6 is 0 Å². The Morgan fingerprint density at radius 3 is 2.90 bits per heavy atom. The molecule has 0 amide bonds. The molecule has 20 heavy (non-hydrogen) atoms. The van der Waals surface area contributed by atoms with Gasteiger partial charge in [0.25, 0.3) is 10.2 Å². The summed E-state index contributed by atoms with van der Waals surface area (Å²) in [5, 5.41) is 5.29. The molecule has 2 rings (SSSR count). The predicted octanol–water partition coefficient (Wildman–Crippen LogP) is 0.880. The molecule has 0 aliphatic carbocycles. The molecular formula is C13H20N2O4S. The zero-order valence-corrected chi connectivity index (χ0v) is 12.3. The van der Waals surface area contributed by atoms with E-state index in [0.717, 1.165) is 18.4 Å². The van der Waals surface area contributed by atoms with Crippen molar-refractivity contribution < 1.29 is 17.9 Å². The molecule has 0 aromatic heterocycles. The Morgan fingerprint density at radius 1 is 1.50 bits per heavy atom. The number of hydrogen-bond acceptors (Lipinski definition) is 4. The lowest BCUT2D eigenvalue weighted by Crippen LogP contribution is -2.40. The highest BCUT2D eigenvalue weighted by Crippen LogP contribution is 2.18. The maximum absolute atomic E-state index is 11.7. The van der Waals surface area contributed by atoms with Gasteiger partial charge in [-0.1, -0.05) is 12.1 Å². The number of nitrogens with zero attached hydrogens (tertiary/aromatic N) is 1. The maximum atomic E-state index is 11.7. The Hall–Kier alpha value is -1.15. The van der Waals surface area contributed by atoms with Crippen LogP contribution in [-0.2, 0) is 21.5 Å². The first-order valence-electron chi connectivity index (χ1n) is 6.51. The highest BCUT2D eigenvalue weighted by molar-refractivity contribution is 7.86. The quantitative estimate of drug-likeness (QED) is 0.845. The van der Waals surface area contributed by atoms with Crippen molar-refractivity contribution in [1.82, 2.24) is 4.31 Å². The van der Waals surface area contributed by atoms with Crippen LogP contribution in [0.2, 0.25) is 0 Å². The average molecular weight is 300 g/mol. The fraction of sp³-hybridized carbons (Fsp3) is 0.538. The molecule has 2 N–H and O–H groups in total. The van der Waals surface area contributed by atoms with Gasteiger partial charge in [0.1, 0.15) is 5.75 Å². The summed E-state index contributed by atoms with van der Waals surface area (Å²) < 4.78 is 35.2. The number of methoxy groups -OCH3 is 1. The SMILES string of the molecule is COc1cccc(CN(C[C@H]2CCCO2)S(N)(=O)=O)c1. The third-order valence-electron chi connectivity index (χ3n) is 3.28. The third-order valence-corrected chi connectivity index (χ3v) is 4.28. The van der Waals surface area contributed by atoms with Crippen molar-refractivity contribution in [3.8, 4) is 5.75 Å². The fourth-order valence-corrected chi connectivity index (χ4v) is 2.95. The summed E-state index contributed by atoms with van der Waals surface area (Å²) in [5.41, 5.74) is 0.830. The molecule has 1 aliphatic rings. The zero-order chi connectivity index (χ0) is 14.6. The monoisotopic (exact) mass is 300 g/mol. The smallest absolute Gasteiger partial charge is 0.277 e. The molecule has 1 aliphatic heterocycles. The minimum absolute atomic E-state index is 0.0704. The Balaban J connectivity index is 2.10. The van der Waals surface area contributed by atoms with E-state index >= 15 is 0 Å². The summed E-state index contributed by atoms with van der Waals surface area (Å²) in [5.74, 6) is 0.689. The summed E-state index contributed by atoms with van der Waals surface area (Å²) in [4.78, 5) is 0. The zero-order valence-electron chi connectivity index (χ0n) is 11.5. The topological polar surface area (TPSA) is 81.9 Å². The van der Waals surface area contributed by atoms with Gasteiger partial charge < -0.3 is 9.47 Å². The van der Waals surface area contributed by atoms with Crippen LogP contribution in [0.25, 0.3) is 0 Å². The molecule has 0 bridgehead atoms. The second-order valence-corrected chi connectivity index (χ2v) is 6.37. The van der Waals surface area contributed by atoms with E-state index in [-0.39, 0.29) is 19.2 Å². The minimum Gasteiger partial charge on any atom is -0.497 e. The van der Waals surface area contributed by atoms with Gasteiger partial charge in [-0.05, 0) is 30.5 Å². The number of rotatable bonds is 6. The first-order chi connectivity index (χ1) is 9.49. The second kappa shape index (κ2) is 6.53. The predicted molar refractivity (Wildman–Crippen MR) is 75.5 cm³/mol. The van der Waals surface area contributed by atoms with Crippen LogP contribution in [0.4, 0.5) is 0 Å². The largest absolute Gasteiger partial charge is 0.497 e. The number of benzene rings is 1. The number of nitrogens with two attached hydrogens (primary N) is 1. The second-order valence-electron chi connectivity index (χ2n) is 4.82. The normalized spacial score (nSPS) is 19.4. The molecular weight excluding hydrogens is 280 g/mol. The van der Waals surface area contributed by atoms with Gasteiger partial charge in [0.05, 0.1) is 13.2 Å². The summed E-state index contributed by atoms with van der Waals surface area (Å²) in [6.45, 7) is 1.19. The molecule has 1 atom stereocenters. The van der Waals surface area contributed by atoms with E-state index in [1.54, 1.807) is 13.2 Å². The van der Waals surface area contributed by atoms with Gasteiger partial charge in [0.15, 0.2) is 0 Å². The molecule has 6 nitrogen and oxygen atoms in total. The van der Waals surface area contributed by atoms with Crippen LogP contribution in [0.15, 0.2) is 24.3 Å². The molecule has 7 heteroatoms. The lowest BCUT2D eigenvalue weighted by Gasteiger charge is -2.22. The first kappa shape index (κ1) is 15.2. The van der Waals surface area contributed by atoms with Gasteiger partial charge in [-0.3, -0.25) is 0 Å². The van der Waals surface area contributed by atoms with E-state index in [1.165, 1.54) is 4.31 Å². The van der Waals surface area contributed by atoms with Gasteiger partial charge in [-0.2, -0.15) is 12.7 Å². The molecule has 0 unspecified atom stereocenters. The summed E-state index contributed by atoms with van der Waals surface area (Å²) >= 11 is 0. The summed E-state index contributed by atoms with van der Waals surface area (Å²) in [7, 11) is -2.19. The van der Waals surface area contributed by atoms with E-state index in [0.29, 0.717) is 12.4 Å². The van der Waals surface area contributed by atoms with E-state index in [4.69, 9.17) is 14.6 Å². The highest BCUT2D eigenvalue weighted by Gasteiger charge is 2.25. The molecule has 1 heterocycles. The summed E-state index contributed by atoms with van der Waals surface area (Å²) in [6, 6.07) is 7.27. The lowest BCUT2D eigenvalue weighted by atomic mass is 10.2. The van der Waals surface area contributed by atoms with Crippen molar-refractivity contribution >= 4 is 10.2 Å². The van der Waals surface area contributed by atoms with Crippen molar-refractivity contribution in [3.05, 3.63) is 29.8 Å². The molecule has 1 aromatic carbocycles. The van der Waals surface area contributed by atoms with Crippen LogP contribution in [0.1, 0.15) is 18.4 Å². The fourth-order valence-electron chi connectivity index (χ4n) is 2.25. The van der Waals surface area contributed by atoms with E-state index in [1.807, 2.05) is 18.2 Å². The molecule has 0 saturated carbocycles. The van der Waals surface area contributed by atoms with E-state index in [9.17, 15) is 8.42 Å². The van der Waals surface area contributed by atoms with Crippen LogP contribution < -0.4 is 9.88 Å². The molecule has 1 fully saturated rings. The molecule has 1 aromatic rings. The Kier molecular flexibility index (Phi) is 4.98. The Labute approximate surface area is 119 Å². The lowest BCUT2D eigenvalue weighted by molar-refractivity contribution is 0.0926. The highest BCUT2D eigenvalue weighted by atomic mass is 32.2. The average Bonchev–Trinajstić information content (AvgIpc) is 2.90. The summed E-state index contributed by atoms with van der Waals surface area (Å²) in [6.07, 6.45) is 1.76. The molecule has 0 radical (unpaired) electrons. The Morgan fingerprint density at radius 2 is 2.30 bits per heavy atom. The first-order valence-corrected chi connectivity index (χ1v) is 8.02. The number of hydrogen-bond donors (Lipinski definition) is 1. The minimum atomic E-state index is -3.76. The van der Waals surface area contributed by atoms with Crippen molar-refractivity contribution in [2.45, 2.75) is 25.5 Å². The van der Waals surface area contributed by atoms with Gasteiger partial charge in [0.2, 0.25) is 0 Å². The molecule has 1 saturated heterocycles.